The standard InChI is InChI=1S/C20H22N4O7S/c25-20(14-4-2-1-3-5-14)22-32(28,29)16-10-17(24(26)27)19-18(11-16)31-13-15(21-19)12-23-6-8-30-9-7-23/h1-5,10-11,15,21H,6-9,12-13H2,(H,22,25)/t15-/m1/s1. The fraction of sp³-hybridized carbons (Fsp3) is 0.350. The lowest BCUT2D eigenvalue weighted by Crippen LogP contribution is -2.46. The van der Waals surface area contributed by atoms with Crippen molar-refractivity contribution in [3.63, 3.8) is 0 Å². The van der Waals surface area contributed by atoms with Crippen LogP contribution in [0.2, 0.25) is 0 Å². The van der Waals surface area contributed by atoms with E-state index in [1.54, 1.807) is 18.2 Å². The van der Waals surface area contributed by atoms with Crippen LogP contribution in [0.15, 0.2) is 47.4 Å². The van der Waals surface area contributed by atoms with E-state index in [9.17, 15) is 23.3 Å². The van der Waals surface area contributed by atoms with E-state index in [2.05, 4.69) is 10.2 Å². The number of hydrogen-bond donors (Lipinski definition) is 2. The molecule has 12 heteroatoms. The number of ether oxygens (including phenoxy) is 2. The van der Waals surface area contributed by atoms with Gasteiger partial charge >= 0.3 is 0 Å². The molecule has 0 radical (unpaired) electrons. The van der Waals surface area contributed by atoms with Crippen LogP contribution in [0.3, 0.4) is 0 Å². The summed E-state index contributed by atoms with van der Waals surface area (Å²) < 4.78 is 38.5. The third-order valence-corrected chi connectivity index (χ3v) is 6.51. The zero-order chi connectivity index (χ0) is 22.7. The number of hydrogen-bond acceptors (Lipinski definition) is 9. The molecule has 2 aliphatic heterocycles. The summed E-state index contributed by atoms with van der Waals surface area (Å²) in [6.07, 6.45) is 0. The molecule has 11 nitrogen and oxygen atoms in total. The Balaban J connectivity index is 1.57. The predicted molar refractivity (Wildman–Crippen MR) is 114 cm³/mol. The maximum Gasteiger partial charge on any atom is 0.297 e. The first kappa shape index (κ1) is 22.0. The van der Waals surface area contributed by atoms with Gasteiger partial charge in [0.15, 0.2) is 11.4 Å². The zero-order valence-corrected chi connectivity index (χ0v) is 17.8. The average Bonchev–Trinajstić information content (AvgIpc) is 2.79. The van der Waals surface area contributed by atoms with Gasteiger partial charge in [0.2, 0.25) is 0 Å². The van der Waals surface area contributed by atoms with Gasteiger partial charge in [0, 0.05) is 37.3 Å². The molecule has 2 aliphatic rings. The van der Waals surface area contributed by atoms with Gasteiger partial charge in [0.05, 0.1) is 29.1 Å². The summed E-state index contributed by atoms with van der Waals surface area (Å²) in [5.74, 6) is -0.791. The molecule has 2 N–H and O–H groups in total. The van der Waals surface area contributed by atoms with Crippen molar-refractivity contribution in [3.05, 3.63) is 58.1 Å². The third-order valence-electron chi connectivity index (χ3n) is 5.20. The SMILES string of the molecule is O=C(NS(=O)(=O)c1cc2c(c([N+](=O)[O-])c1)N[C@H](CN1CCOCC1)CO2)c1ccccc1. The molecule has 170 valence electrons. The summed E-state index contributed by atoms with van der Waals surface area (Å²) in [4.78, 5) is 25.0. The van der Waals surface area contributed by atoms with Gasteiger partial charge in [-0.3, -0.25) is 19.8 Å². The molecule has 2 heterocycles. The van der Waals surface area contributed by atoms with Crippen LogP contribution < -0.4 is 14.8 Å². The Labute approximate surface area is 184 Å². The zero-order valence-electron chi connectivity index (χ0n) is 17.0. The van der Waals surface area contributed by atoms with E-state index in [0.29, 0.717) is 19.8 Å². The maximum absolute atomic E-state index is 12.8. The monoisotopic (exact) mass is 462 g/mol. The number of rotatable bonds is 6. The largest absolute Gasteiger partial charge is 0.489 e. The van der Waals surface area contributed by atoms with Crippen molar-refractivity contribution in [3.8, 4) is 5.75 Å². The lowest BCUT2D eigenvalue weighted by Gasteiger charge is -2.33. The molecule has 0 spiro atoms. The highest BCUT2D eigenvalue weighted by Crippen LogP contribution is 2.40. The number of sulfonamides is 1. The van der Waals surface area contributed by atoms with Crippen LogP contribution in [0.25, 0.3) is 0 Å². The van der Waals surface area contributed by atoms with E-state index < -0.39 is 31.4 Å². The number of carbonyl (C=O) groups excluding carboxylic acids is 1. The van der Waals surface area contributed by atoms with Gasteiger partial charge in [-0.1, -0.05) is 18.2 Å². The molecular weight excluding hydrogens is 440 g/mol. The Morgan fingerprint density at radius 3 is 2.62 bits per heavy atom. The van der Waals surface area contributed by atoms with E-state index in [1.165, 1.54) is 18.2 Å². The minimum Gasteiger partial charge on any atom is -0.489 e. The number of amides is 1. The van der Waals surface area contributed by atoms with Crippen LogP contribution in [0.4, 0.5) is 11.4 Å². The quantitative estimate of drug-likeness (QED) is 0.479. The second-order valence-corrected chi connectivity index (χ2v) is 9.12. The molecule has 4 rings (SSSR count). The van der Waals surface area contributed by atoms with Crippen molar-refractivity contribution < 1.29 is 27.6 Å². The predicted octanol–water partition coefficient (Wildman–Crippen LogP) is 1.22. The van der Waals surface area contributed by atoms with Gasteiger partial charge in [-0.25, -0.2) is 13.1 Å². The Morgan fingerprint density at radius 1 is 1.22 bits per heavy atom. The van der Waals surface area contributed by atoms with Crippen LogP contribution in [-0.2, 0) is 14.8 Å². The highest BCUT2D eigenvalue weighted by molar-refractivity contribution is 7.90. The molecule has 1 atom stereocenters. The highest BCUT2D eigenvalue weighted by atomic mass is 32.2. The molecular formula is C20H22N4O7S. The minimum absolute atomic E-state index is 0.0463. The molecule has 2 aromatic rings. The fourth-order valence-electron chi connectivity index (χ4n) is 3.59. The first-order chi connectivity index (χ1) is 15.3. The second-order valence-electron chi connectivity index (χ2n) is 7.44. The third kappa shape index (κ3) is 4.82. The molecule has 0 aliphatic carbocycles. The second kappa shape index (κ2) is 9.10. The number of nitro benzene ring substituents is 1. The van der Waals surface area contributed by atoms with Gasteiger partial charge in [0.25, 0.3) is 21.6 Å². The Morgan fingerprint density at radius 2 is 1.94 bits per heavy atom. The van der Waals surface area contributed by atoms with E-state index in [4.69, 9.17) is 9.47 Å². The number of anilines is 1. The van der Waals surface area contributed by atoms with E-state index in [-0.39, 0.29) is 29.6 Å². The van der Waals surface area contributed by atoms with Crippen molar-refractivity contribution >= 4 is 27.3 Å². The summed E-state index contributed by atoms with van der Waals surface area (Å²) in [7, 11) is -4.37. The van der Waals surface area contributed by atoms with E-state index in [0.717, 1.165) is 19.2 Å². The molecule has 0 bridgehead atoms. The van der Waals surface area contributed by atoms with Crippen molar-refractivity contribution in [1.29, 1.82) is 0 Å². The maximum atomic E-state index is 12.8. The molecule has 2 aromatic carbocycles. The molecule has 0 saturated carbocycles. The first-order valence-electron chi connectivity index (χ1n) is 9.97. The number of carbonyl (C=O) groups is 1. The lowest BCUT2D eigenvalue weighted by atomic mass is 10.1. The van der Waals surface area contributed by atoms with Gasteiger partial charge in [-0.2, -0.15) is 0 Å². The number of morpholine rings is 1. The first-order valence-corrected chi connectivity index (χ1v) is 11.5. The number of nitrogens with one attached hydrogen (secondary N) is 2. The van der Waals surface area contributed by atoms with Gasteiger partial charge in [0.1, 0.15) is 6.61 Å². The number of nitro groups is 1. The molecule has 0 unspecified atom stereocenters. The highest BCUT2D eigenvalue weighted by Gasteiger charge is 2.32. The van der Waals surface area contributed by atoms with Crippen LogP contribution in [0, 0.1) is 10.1 Å². The smallest absolute Gasteiger partial charge is 0.297 e. The molecule has 0 aromatic heterocycles. The fourth-order valence-corrected chi connectivity index (χ4v) is 4.60. The minimum atomic E-state index is -4.37. The summed E-state index contributed by atoms with van der Waals surface area (Å²) in [5, 5.41) is 14.8. The van der Waals surface area contributed by atoms with Crippen molar-refractivity contribution in [2.45, 2.75) is 10.9 Å². The van der Waals surface area contributed by atoms with E-state index >= 15 is 0 Å². The van der Waals surface area contributed by atoms with Crippen LogP contribution in [-0.4, -0.2) is 69.6 Å². The lowest BCUT2D eigenvalue weighted by molar-refractivity contribution is -0.384. The number of benzene rings is 2. The summed E-state index contributed by atoms with van der Waals surface area (Å²) in [6, 6.07) is 9.70. The molecule has 1 saturated heterocycles. The van der Waals surface area contributed by atoms with Gasteiger partial charge in [-0.15, -0.1) is 0 Å². The summed E-state index contributed by atoms with van der Waals surface area (Å²) >= 11 is 0. The van der Waals surface area contributed by atoms with E-state index in [1.807, 2.05) is 4.72 Å². The van der Waals surface area contributed by atoms with Crippen molar-refractivity contribution in [2.24, 2.45) is 0 Å². The summed E-state index contributed by atoms with van der Waals surface area (Å²) in [6.45, 7) is 3.58. The number of nitrogens with zero attached hydrogens (tertiary/aromatic N) is 2. The number of fused-ring (bicyclic) bond motifs is 1. The Bertz CT molecular complexity index is 1120. The Kier molecular flexibility index (Phi) is 6.26. The summed E-state index contributed by atoms with van der Waals surface area (Å²) in [5.41, 5.74) is -0.179. The topological polar surface area (TPSA) is 140 Å². The van der Waals surface area contributed by atoms with Gasteiger partial charge in [-0.05, 0) is 12.1 Å². The normalized spacial score (nSPS) is 18.7. The van der Waals surface area contributed by atoms with Crippen molar-refractivity contribution in [1.82, 2.24) is 9.62 Å². The average molecular weight is 462 g/mol. The van der Waals surface area contributed by atoms with Crippen LogP contribution in [0.1, 0.15) is 10.4 Å². The van der Waals surface area contributed by atoms with Crippen LogP contribution in [0.5, 0.6) is 5.75 Å². The molecule has 1 amide bonds. The Hall–Kier alpha value is -3.22. The van der Waals surface area contributed by atoms with Crippen molar-refractivity contribution in [2.75, 3.05) is 44.8 Å². The molecule has 1 fully saturated rings. The molecule has 32 heavy (non-hydrogen) atoms. The van der Waals surface area contributed by atoms with Gasteiger partial charge < -0.3 is 14.8 Å². The van der Waals surface area contributed by atoms with Crippen LogP contribution >= 0.6 is 0 Å².